The Morgan fingerprint density at radius 1 is 1.47 bits per heavy atom. The molecule has 1 fully saturated rings. The Morgan fingerprint density at radius 2 is 2.24 bits per heavy atom. The van der Waals surface area contributed by atoms with Crippen molar-refractivity contribution in [1.29, 1.82) is 0 Å². The number of hydrogen-bond acceptors (Lipinski definition) is 2. The standard InChI is InChI=1S/C12H14Cl2N2O/c1-8-7-16(5-4-15-8)12(17)10-3-2-9(13)6-11(10)14/h2-3,6,8,15H,4-5,7H2,1H3/t8-/m0/s1. The Labute approximate surface area is 111 Å². The van der Waals surface area contributed by atoms with Crippen LogP contribution in [0, 0.1) is 0 Å². The normalized spacial score (nSPS) is 20.4. The molecule has 1 atom stereocenters. The largest absolute Gasteiger partial charge is 0.336 e. The van der Waals surface area contributed by atoms with E-state index in [4.69, 9.17) is 23.2 Å². The third kappa shape index (κ3) is 2.92. The molecule has 1 saturated heterocycles. The number of rotatable bonds is 1. The number of hydrogen-bond donors (Lipinski definition) is 1. The van der Waals surface area contributed by atoms with E-state index in [1.165, 1.54) is 0 Å². The Morgan fingerprint density at radius 3 is 2.88 bits per heavy atom. The molecule has 5 heteroatoms. The number of benzene rings is 1. The van der Waals surface area contributed by atoms with Crippen LogP contribution in [0.3, 0.4) is 0 Å². The van der Waals surface area contributed by atoms with Crippen LogP contribution in [0.4, 0.5) is 0 Å². The van der Waals surface area contributed by atoms with Gasteiger partial charge in [0, 0.05) is 30.7 Å². The molecule has 0 aliphatic carbocycles. The van der Waals surface area contributed by atoms with Gasteiger partial charge >= 0.3 is 0 Å². The van der Waals surface area contributed by atoms with Gasteiger partial charge in [0.05, 0.1) is 10.6 Å². The molecule has 17 heavy (non-hydrogen) atoms. The molecule has 1 aliphatic heterocycles. The van der Waals surface area contributed by atoms with Gasteiger partial charge in [-0.3, -0.25) is 4.79 Å². The molecule has 0 bridgehead atoms. The first-order chi connectivity index (χ1) is 8.08. The van der Waals surface area contributed by atoms with Crippen molar-refractivity contribution in [3.05, 3.63) is 33.8 Å². The van der Waals surface area contributed by atoms with E-state index in [2.05, 4.69) is 12.2 Å². The molecule has 1 N–H and O–H groups in total. The monoisotopic (exact) mass is 272 g/mol. The Balaban J connectivity index is 2.18. The topological polar surface area (TPSA) is 32.3 Å². The zero-order valence-electron chi connectivity index (χ0n) is 9.54. The lowest BCUT2D eigenvalue weighted by atomic mass is 10.1. The Bertz CT molecular complexity index is 437. The van der Waals surface area contributed by atoms with Gasteiger partial charge in [-0.15, -0.1) is 0 Å². The maximum absolute atomic E-state index is 12.2. The summed E-state index contributed by atoms with van der Waals surface area (Å²) in [6.45, 7) is 4.29. The summed E-state index contributed by atoms with van der Waals surface area (Å²) in [7, 11) is 0. The summed E-state index contributed by atoms with van der Waals surface area (Å²) in [4.78, 5) is 14.1. The van der Waals surface area contributed by atoms with Crippen LogP contribution in [0.5, 0.6) is 0 Å². The molecule has 1 aliphatic rings. The van der Waals surface area contributed by atoms with E-state index in [1.807, 2.05) is 4.90 Å². The third-order valence-electron chi connectivity index (χ3n) is 2.82. The first-order valence-corrected chi connectivity index (χ1v) is 6.31. The first-order valence-electron chi connectivity index (χ1n) is 5.55. The summed E-state index contributed by atoms with van der Waals surface area (Å²) in [6, 6.07) is 5.28. The summed E-state index contributed by atoms with van der Waals surface area (Å²) in [5, 5.41) is 4.25. The van der Waals surface area contributed by atoms with Crippen molar-refractivity contribution in [2.75, 3.05) is 19.6 Å². The Hall–Kier alpha value is -0.770. The van der Waals surface area contributed by atoms with Crippen LogP contribution in [-0.2, 0) is 0 Å². The van der Waals surface area contributed by atoms with Crippen molar-refractivity contribution in [2.45, 2.75) is 13.0 Å². The second kappa shape index (κ2) is 5.25. The zero-order chi connectivity index (χ0) is 12.4. The first kappa shape index (κ1) is 12.7. The van der Waals surface area contributed by atoms with Gasteiger partial charge in [-0.05, 0) is 25.1 Å². The van der Waals surface area contributed by atoms with E-state index in [0.717, 1.165) is 6.54 Å². The molecule has 1 amide bonds. The highest BCUT2D eigenvalue weighted by molar-refractivity contribution is 6.36. The van der Waals surface area contributed by atoms with Gasteiger partial charge in [0.25, 0.3) is 5.91 Å². The van der Waals surface area contributed by atoms with E-state index >= 15 is 0 Å². The minimum absolute atomic E-state index is 0.0278. The number of carbonyl (C=O) groups excluding carboxylic acids is 1. The molecule has 1 aromatic rings. The smallest absolute Gasteiger partial charge is 0.255 e. The van der Waals surface area contributed by atoms with Crippen LogP contribution in [0.25, 0.3) is 0 Å². The molecule has 0 unspecified atom stereocenters. The van der Waals surface area contributed by atoms with Crippen LogP contribution < -0.4 is 5.32 Å². The maximum Gasteiger partial charge on any atom is 0.255 e. The van der Waals surface area contributed by atoms with Gasteiger partial charge in [-0.25, -0.2) is 0 Å². The second-order valence-corrected chi connectivity index (χ2v) is 5.07. The summed E-state index contributed by atoms with van der Waals surface area (Å²) in [6.07, 6.45) is 0. The summed E-state index contributed by atoms with van der Waals surface area (Å²) >= 11 is 11.8. The average molecular weight is 273 g/mol. The fourth-order valence-electron chi connectivity index (χ4n) is 1.95. The van der Waals surface area contributed by atoms with Crippen molar-refractivity contribution < 1.29 is 4.79 Å². The highest BCUT2D eigenvalue weighted by Crippen LogP contribution is 2.22. The number of piperazine rings is 1. The highest BCUT2D eigenvalue weighted by Gasteiger charge is 2.23. The lowest BCUT2D eigenvalue weighted by molar-refractivity contribution is 0.0709. The van der Waals surface area contributed by atoms with E-state index in [9.17, 15) is 4.79 Å². The van der Waals surface area contributed by atoms with Crippen molar-refractivity contribution in [2.24, 2.45) is 0 Å². The number of halogens is 2. The van der Waals surface area contributed by atoms with E-state index in [1.54, 1.807) is 18.2 Å². The van der Waals surface area contributed by atoms with Crippen molar-refractivity contribution >= 4 is 29.1 Å². The van der Waals surface area contributed by atoms with Gasteiger partial charge in [0.1, 0.15) is 0 Å². The highest BCUT2D eigenvalue weighted by atomic mass is 35.5. The van der Waals surface area contributed by atoms with Crippen LogP contribution in [0.15, 0.2) is 18.2 Å². The molecule has 0 aromatic heterocycles. The summed E-state index contributed by atoms with van der Waals surface area (Å²) in [5.41, 5.74) is 0.519. The van der Waals surface area contributed by atoms with E-state index < -0.39 is 0 Å². The maximum atomic E-state index is 12.2. The van der Waals surface area contributed by atoms with E-state index in [-0.39, 0.29) is 5.91 Å². The third-order valence-corrected chi connectivity index (χ3v) is 3.37. The van der Waals surface area contributed by atoms with Crippen molar-refractivity contribution in [3.8, 4) is 0 Å². The van der Waals surface area contributed by atoms with Crippen LogP contribution in [0.1, 0.15) is 17.3 Å². The minimum atomic E-state index is -0.0278. The molecule has 1 aromatic carbocycles. The molecule has 3 nitrogen and oxygen atoms in total. The van der Waals surface area contributed by atoms with Crippen LogP contribution >= 0.6 is 23.2 Å². The van der Waals surface area contributed by atoms with Crippen molar-refractivity contribution in [3.63, 3.8) is 0 Å². The minimum Gasteiger partial charge on any atom is -0.336 e. The summed E-state index contributed by atoms with van der Waals surface area (Å²) < 4.78 is 0. The van der Waals surface area contributed by atoms with E-state index in [0.29, 0.717) is 34.7 Å². The van der Waals surface area contributed by atoms with Gasteiger partial charge in [-0.2, -0.15) is 0 Å². The molecule has 2 rings (SSSR count). The van der Waals surface area contributed by atoms with Crippen molar-refractivity contribution in [1.82, 2.24) is 10.2 Å². The fraction of sp³-hybridized carbons (Fsp3) is 0.417. The Kier molecular flexibility index (Phi) is 3.92. The summed E-state index contributed by atoms with van der Waals surface area (Å²) in [5.74, 6) is -0.0278. The molecule has 0 spiro atoms. The molecular weight excluding hydrogens is 259 g/mol. The molecule has 0 saturated carbocycles. The molecule has 92 valence electrons. The number of nitrogens with one attached hydrogen (secondary N) is 1. The molecule has 0 radical (unpaired) electrons. The SMILES string of the molecule is C[C@H]1CN(C(=O)c2ccc(Cl)cc2Cl)CCN1. The quantitative estimate of drug-likeness (QED) is 0.852. The zero-order valence-corrected chi connectivity index (χ0v) is 11.1. The lowest BCUT2D eigenvalue weighted by Crippen LogP contribution is -2.51. The lowest BCUT2D eigenvalue weighted by Gasteiger charge is -2.32. The number of nitrogens with zero attached hydrogens (tertiary/aromatic N) is 1. The van der Waals surface area contributed by atoms with Crippen LogP contribution in [-0.4, -0.2) is 36.5 Å². The van der Waals surface area contributed by atoms with Gasteiger partial charge in [-0.1, -0.05) is 23.2 Å². The number of carbonyl (C=O) groups is 1. The van der Waals surface area contributed by atoms with Gasteiger partial charge < -0.3 is 10.2 Å². The average Bonchev–Trinajstić information content (AvgIpc) is 2.28. The second-order valence-electron chi connectivity index (χ2n) is 4.23. The fourth-order valence-corrected chi connectivity index (χ4v) is 2.44. The molecular formula is C12H14Cl2N2O. The van der Waals surface area contributed by atoms with Gasteiger partial charge in [0.15, 0.2) is 0 Å². The van der Waals surface area contributed by atoms with Crippen LogP contribution in [0.2, 0.25) is 10.0 Å². The predicted octanol–water partition coefficient (Wildman–Crippen LogP) is 2.43. The predicted molar refractivity (Wildman–Crippen MR) is 69.8 cm³/mol. The molecule has 1 heterocycles. The van der Waals surface area contributed by atoms with Gasteiger partial charge in [0.2, 0.25) is 0 Å². The number of amides is 1.